The van der Waals surface area contributed by atoms with Gasteiger partial charge in [0.2, 0.25) is 0 Å². The summed E-state index contributed by atoms with van der Waals surface area (Å²) in [5.74, 6) is 0.485. The van der Waals surface area contributed by atoms with Crippen LogP contribution in [0.1, 0.15) is 18.2 Å². The van der Waals surface area contributed by atoms with Crippen LogP contribution in [0.4, 0.5) is 0 Å². The average molecular weight is 158 g/mol. The highest BCUT2D eigenvalue weighted by molar-refractivity contribution is 5.64. The van der Waals surface area contributed by atoms with Crippen molar-refractivity contribution in [2.45, 2.75) is 6.92 Å². The fourth-order valence-electron chi connectivity index (χ4n) is 1.19. The van der Waals surface area contributed by atoms with Gasteiger partial charge < -0.3 is 0 Å². The van der Waals surface area contributed by atoms with E-state index in [0.29, 0.717) is 5.92 Å². The Kier molecular flexibility index (Phi) is 1.74. The smallest absolute Gasteiger partial charge is 0.0926 e. The second kappa shape index (κ2) is 2.89. The summed E-state index contributed by atoms with van der Waals surface area (Å²) in [5.41, 5.74) is 2.10. The third-order valence-electron chi connectivity index (χ3n) is 1.92. The molecule has 0 saturated carbocycles. The van der Waals surface area contributed by atoms with Gasteiger partial charge in [-0.05, 0) is 18.1 Å². The Morgan fingerprint density at radius 2 is 2.08 bits per heavy atom. The molecule has 0 radical (unpaired) electrons. The van der Waals surface area contributed by atoms with Crippen LogP contribution in [-0.4, -0.2) is 10.2 Å². The highest BCUT2D eigenvalue weighted by Gasteiger charge is 2.01. The zero-order valence-electron chi connectivity index (χ0n) is 6.94. The van der Waals surface area contributed by atoms with E-state index in [1.165, 1.54) is 0 Å². The highest BCUT2D eigenvalue weighted by atomic mass is 15.1. The molecule has 0 bridgehead atoms. The van der Waals surface area contributed by atoms with Crippen LogP contribution in [0.25, 0.3) is 12.2 Å². The van der Waals surface area contributed by atoms with Crippen LogP contribution >= 0.6 is 0 Å². The minimum atomic E-state index is 0.485. The molecule has 2 rings (SSSR count). The van der Waals surface area contributed by atoms with Crippen molar-refractivity contribution in [2.75, 3.05) is 0 Å². The summed E-state index contributed by atoms with van der Waals surface area (Å²) < 4.78 is 0. The summed E-state index contributed by atoms with van der Waals surface area (Å²) in [4.78, 5) is 0. The predicted octanol–water partition coefficient (Wildman–Crippen LogP) is 2.15. The fourth-order valence-corrected chi connectivity index (χ4v) is 1.19. The highest BCUT2D eigenvalue weighted by Crippen LogP contribution is 2.16. The first-order valence-corrected chi connectivity index (χ1v) is 4.04. The van der Waals surface area contributed by atoms with Crippen LogP contribution < -0.4 is 0 Å². The van der Waals surface area contributed by atoms with E-state index in [0.717, 1.165) is 11.3 Å². The van der Waals surface area contributed by atoms with Crippen molar-refractivity contribution in [1.29, 1.82) is 0 Å². The van der Waals surface area contributed by atoms with E-state index in [1.54, 1.807) is 6.20 Å². The number of hydrogen-bond acceptors (Lipinski definition) is 2. The summed E-state index contributed by atoms with van der Waals surface area (Å²) in [6.07, 6.45) is 10.1. The van der Waals surface area contributed by atoms with Gasteiger partial charge in [0.05, 0.1) is 11.9 Å². The third kappa shape index (κ3) is 1.28. The molecule has 1 atom stereocenters. The minimum Gasteiger partial charge on any atom is -0.159 e. The summed E-state index contributed by atoms with van der Waals surface area (Å²) in [5, 5.41) is 7.86. The van der Waals surface area contributed by atoms with Crippen LogP contribution in [0.15, 0.2) is 24.4 Å². The lowest BCUT2D eigenvalue weighted by molar-refractivity contribution is 0.952. The van der Waals surface area contributed by atoms with Crippen LogP contribution in [0.2, 0.25) is 0 Å². The Morgan fingerprint density at radius 3 is 3.00 bits per heavy atom. The molecule has 12 heavy (non-hydrogen) atoms. The Hall–Kier alpha value is -1.44. The van der Waals surface area contributed by atoms with Crippen molar-refractivity contribution in [3.05, 3.63) is 35.7 Å². The van der Waals surface area contributed by atoms with Gasteiger partial charge >= 0.3 is 0 Å². The molecule has 0 N–H and O–H groups in total. The van der Waals surface area contributed by atoms with Gasteiger partial charge in [-0.25, -0.2) is 0 Å². The molecular weight excluding hydrogens is 148 g/mol. The molecule has 1 unspecified atom stereocenters. The number of fused-ring (bicyclic) bond motifs is 1. The van der Waals surface area contributed by atoms with Crippen LogP contribution in [0.3, 0.4) is 0 Å². The summed E-state index contributed by atoms with van der Waals surface area (Å²) >= 11 is 0. The molecule has 2 nitrogen and oxygen atoms in total. The molecule has 1 aliphatic carbocycles. The maximum absolute atomic E-state index is 4.03. The number of allylic oxidation sites excluding steroid dienone is 2. The molecule has 2 heteroatoms. The first-order valence-electron chi connectivity index (χ1n) is 4.04. The van der Waals surface area contributed by atoms with Crippen LogP contribution in [-0.2, 0) is 0 Å². The Bertz CT molecular complexity index is 306. The SMILES string of the molecule is CC1C=Cc2ccnnc2C=C1. The Labute approximate surface area is 71.6 Å². The monoisotopic (exact) mass is 158 g/mol. The van der Waals surface area contributed by atoms with Gasteiger partial charge in [-0.3, -0.25) is 0 Å². The summed E-state index contributed by atoms with van der Waals surface area (Å²) in [7, 11) is 0. The van der Waals surface area contributed by atoms with E-state index in [-0.39, 0.29) is 0 Å². The van der Waals surface area contributed by atoms with E-state index in [2.05, 4.69) is 35.3 Å². The van der Waals surface area contributed by atoms with E-state index >= 15 is 0 Å². The molecule has 1 aromatic heterocycles. The van der Waals surface area contributed by atoms with Crippen LogP contribution in [0, 0.1) is 5.92 Å². The van der Waals surface area contributed by atoms with Gasteiger partial charge in [-0.1, -0.05) is 25.2 Å². The van der Waals surface area contributed by atoms with Crippen molar-refractivity contribution < 1.29 is 0 Å². The second-order valence-electron chi connectivity index (χ2n) is 2.95. The molecule has 0 amide bonds. The van der Waals surface area contributed by atoms with Crippen molar-refractivity contribution in [3.63, 3.8) is 0 Å². The topological polar surface area (TPSA) is 25.8 Å². The number of rotatable bonds is 0. The van der Waals surface area contributed by atoms with Crippen molar-refractivity contribution in [1.82, 2.24) is 10.2 Å². The lowest BCUT2D eigenvalue weighted by Gasteiger charge is -1.93. The zero-order valence-corrected chi connectivity index (χ0v) is 6.94. The normalized spacial score (nSPS) is 20.2. The molecule has 0 fully saturated rings. The molecule has 1 aliphatic rings. The lowest BCUT2D eigenvalue weighted by atomic mass is 10.1. The van der Waals surface area contributed by atoms with Crippen molar-refractivity contribution in [2.24, 2.45) is 5.92 Å². The minimum absolute atomic E-state index is 0.485. The Morgan fingerprint density at radius 1 is 1.25 bits per heavy atom. The van der Waals surface area contributed by atoms with Gasteiger partial charge in [0.25, 0.3) is 0 Å². The second-order valence-corrected chi connectivity index (χ2v) is 2.95. The first-order chi connectivity index (χ1) is 5.86. The van der Waals surface area contributed by atoms with Gasteiger partial charge in [-0.15, -0.1) is 0 Å². The van der Waals surface area contributed by atoms with Gasteiger partial charge in [0.15, 0.2) is 0 Å². The summed E-state index contributed by atoms with van der Waals surface area (Å²) in [6, 6.07) is 1.97. The molecule has 60 valence electrons. The van der Waals surface area contributed by atoms with E-state index in [4.69, 9.17) is 0 Å². The molecular formula is C10H10N2. The maximum atomic E-state index is 4.03. The van der Waals surface area contributed by atoms with E-state index in [1.807, 2.05) is 12.1 Å². The Balaban J connectivity index is 2.52. The van der Waals surface area contributed by atoms with Gasteiger partial charge in [-0.2, -0.15) is 10.2 Å². The van der Waals surface area contributed by atoms with Crippen LogP contribution in [0.5, 0.6) is 0 Å². The number of aromatic nitrogens is 2. The molecule has 0 spiro atoms. The number of hydrogen-bond donors (Lipinski definition) is 0. The molecule has 0 aromatic carbocycles. The lowest BCUT2D eigenvalue weighted by Crippen LogP contribution is -1.87. The van der Waals surface area contributed by atoms with Crippen molar-refractivity contribution >= 4 is 12.2 Å². The first kappa shape index (κ1) is 7.22. The molecule has 0 saturated heterocycles. The predicted molar refractivity (Wildman–Crippen MR) is 49.3 cm³/mol. The molecule has 0 aliphatic heterocycles. The average Bonchev–Trinajstić information content (AvgIpc) is 2.29. The van der Waals surface area contributed by atoms with Gasteiger partial charge in [0, 0.05) is 5.56 Å². The maximum Gasteiger partial charge on any atom is 0.0926 e. The fraction of sp³-hybridized carbons (Fsp3) is 0.200. The quantitative estimate of drug-likeness (QED) is 0.578. The molecule has 1 heterocycles. The standard InChI is InChI=1S/C10H10N2/c1-8-2-4-9-6-7-11-12-10(9)5-3-8/h2-8H,1H3. The van der Waals surface area contributed by atoms with Crippen molar-refractivity contribution in [3.8, 4) is 0 Å². The van der Waals surface area contributed by atoms with E-state index in [9.17, 15) is 0 Å². The van der Waals surface area contributed by atoms with E-state index < -0.39 is 0 Å². The summed E-state index contributed by atoms with van der Waals surface area (Å²) in [6.45, 7) is 2.15. The molecule has 1 aromatic rings. The largest absolute Gasteiger partial charge is 0.159 e. The zero-order chi connectivity index (χ0) is 8.39. The third-order valence-corrected chi connectivity index (χ3v) is 1.92. The van der Waals surface area contributed by atoms with Gasteiger partial charge in [0.1, 0.15) is 0 Å². The number of nitrogens with zero attached hydrogens (tertiary/aromatic N) is 2.